The first-order valence-electron chi connectivity index (χ1n) is 7.72. The summed E-state index contributed by atoms with van der Waals surface area (Å²) in [6.45, 7) is 8.36. The zero-order valence-corrected chi connectivity index (χ0v) is 12.8. The molecule has 3 N–H and O–H groups in total. The van der Waals surface area contributed by atoms with Crippen molar-refractivity contribution in [1.29, 1.82) is 0 Å². The van der Waals surface area contributed by atoms with E-state index in [0.29, 0.717) is 0 Å². The first-order chi connectivity index (χ1) is 9.58. The molecule has 1 fully saturated rings. The monoisotopic (exact) mass is 276 g/mol. The summed E-state index contributed by atoms with van der Waals surface area (Å²) in [5.41, 5.74) is 8.01. The third-order valence-electron chi connectivity index (χ3n) is 3.95. The van der Waals surface area contributed by atoms with Gasteiger partial charge in [0.2, 0.25) is 0 Å². The van der Waals surface area contributed by atoms with Gasteiger partial charge >= 0.3 is 0 Å². The largest absolute Gasteiger partial charge is 0.399 e. The molecule has 0 aromatic heterocycles. The van der Waals surface area contributed by atoms with Crippen LogP contribution >= 0.6 is 0 Å². The molecule has 1 aromatic carbocycles. The van der Waals surface area contributed by atoms with Crippen LogP contribution in [0.2, 0.25) is 0 Å². The molecule has 0 atom stereocenters. The first kappa shape index (κ1) is 15.3. The molecular formula is C17H28N2O. The van der Waals surface area contributed by atoms with Gasteiger partial charge in [-0.25, -0.2) is 0 Å². The normalized spacial score (nSPS) is 15.5. The second-order valence-electron chi connectivity index (χ2n) is 6.55. The van der Waals surface area contributed by atoms with E-state index in [1.54, 1.807) is 0 Å². The lowest BCUT2D eigenvalue weighted by Crippen LogP contribution is -2.33. The van der Waals surface area contributed by atoms with Crippen LogP contribution in [-0.2, 0) is 10.2 Å². The molecule has 0 spiro atoms. The highest BCUT2D eigenvalue weighted by Gasteiger charge is 2.21. The molecule has 0 bridgehead atoms. The highest BCUT2D eigenvalue weighted by atomic mass is 16.5. The van der Waals surface area contributed by atoms with Gasteiger partial charge in [-0.3, -0.25) is 0 Å². The van der Waals surface area contributed by atoms with E-state index in [9.17, 15) is 0 Å². The Bertz CT molecular complexity index is 396. The van der Waals surface area contributed by atoms with Gasteiger partial charge < -0.3 is 15.8 Å². The minimum Gasteiger partial charge on any atom is -0.399 e. The van der Waals surface area contributed by atoms with Crippen LogP contribution in [-0.4, -0.2) is 26.3 Å². The highest BCUT2D eigenvalue weighted by Crippen LogP contribution is 2.28. The quantitative estimate of drug-likeness (QED) is 0.538. The molecule has 1 aromatic rings. The molecular weight excluding hydrogens is 248 g/mol. The van der Waals surface area contributed by atoms with Crippen molar-refractivity contribution in [1.82, 2.24) is 5.32 Å². The summed E-state index contributed by atoms with van der Waals surface area (Å²) < 4.78 is 5.63. The fourth-order valence-electron chi connectivity index (χ4n) is 2.27. The molecule has 0 amide bonds. The summed E-state index contributed by atoms with van der Waals surface area (Å²) in [6, 6.07) is 8.19. The molecule has 0 unspecified atom stereocenters. The third kappa shape index (κ3) is 5.14. The van der Waals surface area contributed by atoms with Gasteiger partial charge in [-0.15, -0.1) is 0 Å². The number of anilines is 1. The van der Waals surface area contributed by atoms with Gasteiger partial charge in [0.1, 0.15) is 0 Å². The lowest BCUT2D eigenvalue weighted by atomic mass is 9.84. The fraction of sp³-hybridized carbons (Fsp3) is 0.647. The average Bonchev–Trinajstić information content (AvgIpc) is 3.22. The Morgan fingerprint density at radius 3 is 2.60 bits per heavy atom. The molecule has 3 nitrogen and oxygen atoms in total. The van der Waals surface area contributed by atoms with E-state index in [0.717, 1.165) is 44.3 Å². The van der Waals surface area contributed by atoms with Crippen LogP contribution in [0.3, 0.4) is 0 Å². The highest BCUT2D eigenvalue weighted by molar-refractivity contribution is 5.41. The molecule has 1 aliphatic carbocycles. The molecule has 0 saturated heterocycles. The standard InChI is InChI=1S/C17H28N2O/c1-17(2,15-6-8-16(18)9-7-15)13-19-10-3-11-20-12-14-4-5-14/h6-9,14,19H,3-5,10-13,18H2,1-2H3. The number of hydrogen-bond acceptors (Lipinski definition) is 3. The Labute approximate surface area is 122 Å². The van der Waals surface area contributed by atoms with Crippen molar-refractivity contribution in [2.75, 3.05) is 32.0 Å². The number of benzene rings is 1. The van der Waals surface area contributed by atoms with Gasteiger partial charge in [0.15, 0.2) is 0 Å². The Hall–Kier alpha value is -1.06. The SMILES string of the molecule is CC(C)(CNCCCOCC1CC1)c1ccc(N)cc1. The Balaban J connectivity index is 1.60. The van der Waals surface area contributed by atoms with E-state index in [-0.39, 0.29) is 5.41 Å². The topological polar surface area (TPSA) is 47.3 Å². The zero-order valence-electron chi connectivity index (χ0n) is 12.8. The summed E-state index contributed by atoms with van der Waals surface area (Å²) >= 11 is 0. The molecule has 20 heavy (non-hydrogen) atoms. The maximum atomic E-state index is 5.73. The van der Waals surface area contributed by atoms with Crippen LogP contribution in [0.25, 0.3) is 0 Å². The van der Waals surface area contributed by atoms with Crippen molar-refractivity contribution in [3.8, 4) is 0 Å². The fourth-order valence-corrected chi connectivity index (χ4v) is 2.27. The van der Waals surface area contributed by atoms with E-state index in [2.05, 4.69) is 31.3 Å². The zero-order chi connectivity index (χ0) is 14.4. The minimum absolute atomic E-state index is 0.128. The number of nitrogens with one attached hydrogen (secondary N) is 1. The molecule has 3 heteroatoms. The summed E-state index contributed by atoms with van der Waals surface area (Å²) in [5.74, 6) is 0.868. The van der Waals surface area contributed by atoms with Crippen LogP contribution in [0.4, 0.5) is 5.69 Å². The van der Waals surface area contributed by atoms with Crippen LogP contribution < -0.4 is 11.1 Å². The van der Waals surface area contributed by atoms with Gasteiger partial charge in [-0.2, -0.15) is 0 Å². The van der Waals surface area contributed by atoms with Crippen molar-refractivity contribution >= 4 is 5.69 Å². The van der Waals surface area contributed by atoms with Gasteiger partial charge in [0, 0.05) is 30.9 Å². The van der Waals surface area contributed by atoms with E-state index in [1.807, 2.05) is 12.1 Å². The molecule has 0 radical (unpaired) electrons. The van der Waals surface area contributed by atoms with Crippen molar-refractivity contribution in [2.24, 2.45) is 5.92 Å². The summed E-state index contributed by atoms with van der Waals surface area (Å²) in [6.07, 6.45) is 3.83. The van der Waals surface area contributed by atoms with Crippen molar-refractivity contribution in [3.63, 3.8) is 0 Å². The number of nitrogen functional groups attached to an aromatic ring is 1. The van der Waals surface area contributed by atoms with Gasteiger partial charge in [-0.05, 0) is 49.4 Å². The van der Waals surface area contributed by atoms with Crippen molar-refractivity contribution < 1.29 is 4.74 Å². The maximum absolute atomic E-state index is 5.73. The van der Waals surface area contributed by atoms with E-state index < -0.39 is 0 Å². The Kier molecular flexibility index (Phi) is 5.44. The average molecular weight is 276 g/mol. The van der Waals surface area contributed by atoms with Crippen molar-refractivity contribution in [3.05, 3.63) is 29.8 Å². The Morgan fingerprint density at radius 1 is 1.25 bits per heavy atom. The van der Waals surface area contributed by atoms with Crippen molar-refractivity contribution in [2.45, 2.75) is 38.5 Å². The van der Waals surface area contributed by atoms with E-state index in [4.69, 9.17) is 10.5 Å². The van der Waals surface area contributed by atoms with Crippen LogP contribution in [0, 0.1) is 5.92 Å². The number of ether oxygens (including phenoxy) is 1. The number of hydrogen-bond donors (Lipinski definition) is 2. The van der Waals surface area contributed by atoms with Crippen LogP contribution in [0.1, 0.15) is 38.7 Å². The van der Waals surface area contributed by atoms with Crippen LogP contribution in [0.5, 0.6) is 0 Å². The lowest BCUT2D eigenvalue weighted by molar-refractivity contribution is 0.122. The molecule has 0 aliphatic heterocycles. The smallest absolute Gasteiger partial charge is 0.0494 e. The lowest BCUT2D eigenvalue weighted by Gasteiger charge is -2.26. The molecule has 2 rings (SSSR count). The summed E-state index contributed by atoms with van der Waals surface area (Å²) in [4.78, 5) is 0. The predicted molar refractivity (Wildman–Crippen MR) is 84.9 cm³/mol. The Morgan fingerprint density at radius 2 is 1.95 bits per heavy atom. The van der Waals surface area contributed by atoms with Crippen LogP contribution in [0.15, 0.2) is 24.3 Å². The van der Waals surface area contributed by atoms with Gasteiger partial charge in [0.05, 0.1) is 0 Å². The predicted octanol–water partition coefficient (Wildman–Crippen LogP) is 2.95. The summed E-state index contributed by atoms with van der Waals surface area (Å²) in [5, 5.41) is 3.53. The minimum atomic E-state index is 0.128. The molecule has 112 valence electrons. The van der Waals surface area contributed by atoms with Gasteiger partial charge in [-0.1, -0.05) is 26.0 Å². The maximum Gasteiger partial charge on any atom is 0.0494 e. The van der Waals surface area contributed by atoms with E-state index in [1.165, 1.54) is 18.4 Å². The molecule has 0 heterocycles. The summed E-state index contributed by atoms with van der Waals surface area (Å²) in [7, 11) is 0. The number of nitrogens with two attached hydrogens (primary N) is 1. The molecule has 1 saturated carbocycles. The second kappa shape index (κ2) is 7.09. The third-order valence-corrected chi connectivity index (χ3v) is 3.95. The van der Waals surface area contributed by atoms with E-state index >= 15 is 0 Å². The molecule has 1 aliphatic rings. The second-order valence-corrected chi connectivity index (χ2v) is 6.55. The van der Waals surface area contributed by atoms with Gasteiger partial charge in [0.25, 0.3) is 0 Å². The number of rotatable bonds is 9. The first-order valence-corrected chi connectivity index (χ1v) is 7.72.